The molecule has 0 aliphatic heterocycles. The summed E-state index contributed by atoms with van der Waals surface area (Å²) in [6.07, 6.45) is -4.61. The van der Waals surface area contributed by atoms with Crippen LogP contribution in [0.3, 0.4) is 0 Å². The molecule has 1 N–H and O–H groups in total. The molecule has 1 aromatic carbocycles. The van der Waals surface area contributed by atoms with Gasteiger partial charge in [-0.05, 0) is 18.2 Å². The minimum absolute atomic E-state index is 0.0630. The van der Waals surface area contributed by atoms with Gasteiger partial charge in [0.15, 0.2) is 5.92 Å². The summed E-state index contributed by atoms with van der Waals surface area (Å²) >= 11 is 5.52. The van der Waals surface area contributed by atoms with Gasteiger partial charge in [-0.3, -0.25) is 0 Å². The first kappa shape index (κ1) is 13.6. The van der Waals surface area contributed by atoms with Crippen LogP contribution in [0.1, 0.15) is 0 Å². The van der Waals surface area contributed by atoms with Crippen LogP contribution in [0.5, 0.6) is 0 Å². The largest absolute Gasteiger partial charge is 0.406 e. The summed E-state index contributed by atoms with van der Waals surface area (Å²) in [7, 11) is 0. The molecule has 1 rings (SSSR count). The van der Waals surface area contributed by atoms with E-state index < -0.39 is 24.5 Å². The third kappa shape index (κ3) is 4.11. The van der Waals surface area contributed by atoms with Gasteiger partial charge in [-0.2, -0.15) is 18.4 Å². The van der Waals surface area contributed by atoms with Gasteiger partial charge in [0.2, 0.25) is 0 Å². The highest BCUT2D eigenvalue weighted by molar-refractivity contribution is 6.30. The Labute approximate surface area is 99.8 Å². The number of benzene rings is 1. The second kappa shape index (κ2) is 5.23. The molecule has 0 saturated carbocycles. The van der Waals surface area contributed by atoms with Crippen molar-refractivity contribution in [1.82, 2.24) is 0 Å². The van der Waals surface area contributed by atoms with Crippen LogP contribution in [0.2, 0.25) is 5.02 Å². The number of nitriles is 1. The summed E-state index contributed by atoms with van der Waals surface area (Å²) in [6, 6.07) is 4.42. The molecule has 0 aromatic heterocycles. The number of alkyl halides is 3. The van der Waals surface area contributed by atoms with Gasteiger partial charge in [-0.15, -0.1) is 0 Å². The average Bonchev–Trinajstić information content (AvgIpc) is 2.14. The van der Waals surface area contributed by atoms with Crippen molar-refractivity contribution in [3.8, 4) is 6.07 Å². The second-order valence-corrected chi connectivity index (χ2v) is 3.70. The van der Waals surface area contributed by atoms with Crippen molar-refractivity contribution in [2.45, 2.75) is 6.18 Å². The van der Waals surface area contributed by atoms with Crippen LogP contribution in [-0.2, 0) is 0 Å². The summed E-state index contributed by atoms with van der Waals surface area (Å²) in [6.45, 7) is -0.653. The highest BCUT2D eigenvalue weighted by Gasteiger charge is 2.39. The zero-order chi connectivity index (χ0) is 13.1. The molecule has 7 heteroatoms. The normalized spacial score (nSPS) is 12.9. The number of nitrogens with one attached hydrogen (secondary N) is 1. The Morgan fingerprint density at radius 2 is 2.00 bits per heavy atom. The molecule has 1 aromatic rings. The standard InChI is InChI=1S/C10H7ClF4N2/c11-7-1-8(12)3-9(2-7)17-5-6(4-16)10(13,14)15/h1-3,6,17H,5H2. The molecule has 1 unspecified atom stereocenters. The van der Waals surface area contributed by atoms with E-state index in [1.165, 1.54) is 6.07 Å². The van der Waals surface area contributed by atoms with Gasteiger partial charge in [0.1, 0.15) is 5.82 Å². The Kier molecular flexibility index (Phi) is 4.18. The van der Waals surface area contributed by atoms with E-state index in [2.05, 4.69) is 5.32 Å². The maximum Gasteiger partial charge on any atom is 0.406 e. The molecule has 0 fully saturated rings. The molecular weight excluding hydrogens is 260 g/mol. The lowest BCUT2D eigenvalue weighted by atomic mass is 10.1. The zero-order valence-corrected chi connectivity index (χ0v) is 9.11. The van der Waals surface area contributed by atoms with Gasteiger partial charge < -0.3 is 5.32 Å². The van der Waals surface area contributed by atoms with Crippen molar-refractivity contribution in [2.24, 2.45) is 5.92 Å². The van der Waals surface area contributed by atoms with Crippen LogP contribution in [0.15, 0.2) is 18.2 Å². The summed E-state index contributed by atoms with van der Waals surface area (Å²) < 4.78 is 49.5. The maximum atomic E-state index is 12.9. The predicted octanol–water partition coefficient (Wildman–Crippen LogP) is 3.59. The minimum atomic E-state index is -4.61. The van der Waals surface area contributed by atoms with Gasteiger partial charge in [0.05, 0.1) is 6.07 Å². The average molecular weight is 267 g/mol. The third-order valence-corrected chi connectivity index (χ3v) is 2.14. The molecule has 0 spiro atoms. The lowest BCUT2D eigenvalue weighted by Crippen LogP contribution is -2.28. The molecular formula is C10H7ClF4N2. The van der Waals surface area contributed by atoms with Gasteiger partial charge >= 0.3 is 6.18 Å². The summed E-state index contributed by atoms with van der Waals surface area (Å²) in [5.74, 6) is -2.81. The van der Waals surface area contributed by atoms with Crippen molar-refractivity contribution in [2.75, 3.05) is 11.9 Å². The van der Waals surface area contributed by atoms with Gasteiger partial charge in [0.25, 0.3) is 0 Å². The van der Waals surface area contributed by atoms with Crippen LogP contribution in [0.25, 0.3) is 0 Å². The van der Waals surface area contributed by atoms with Crippen LogP contribution < -0.4 is 5.32 Å². The number of nitrogens with zero attached hydrogens (tertiary/aromatic N) is 1. The summed E-state index contributed by atoms with van der Waals surface area (Å²) in [5, 5.41) is 10.7. The molecule has 0 radical (unpaired) electrons. The molecule has 0 amide bonds. The van der Waals surface area contributed by atoms with E-state index in [4.69, 9.17) is 16.9 Å². The smallest absolute Gasteiger partial charge is 0.383 e. The molecule has 17 heavy (non-hydrogen) atoms. The number of rotatable bonds is 3. The van der Waals surface area contributed by atoms with E-state index in [1.54, 1.807) is 0 Å². The summed E-state index contributed by atoms with van der Waals surface area (Å²) in [4.78, 5) is 0. The van der Waals surface area contributed by atoms with E-state index in [-0.39, 0.29) is 10.7 Å². The molecule has 0 heterocycles. The lowest BCUT2D eigenvalue weighted by Gasteiger charge is -2.14. The van der Waals surface area contributed by atoms with Crippen molar-refractivity contribution >= 4 is 17.3 Å². The first-order valence-corrected chi connectivity index (χ1v) is 4.87. The van der Waals surface area contributed by atoms with E-state index >= 15 is 0 Å². The molecule has 0 aliphatic carbocycles. The molecule has 0 aliphatic rings. The van der Waals surface area contributed by atoms with Crippen LogP contribution in [-0.4, -0.2) is 12.7 Å². The fourth-order valence-electron chi connectivity index (χ4n) is 1.11. The van der Waals surface area contributed by atoms with Gasteiger partial charge in [-0.1, -0.05) is 11.6 Å². The first-order chi connectivity index (χ1) is 7.82. The number of hydrogen-bond acceptors (Lipinski definition) is 2. The monoisotopic (exact) mass is 266 g/mol. The van der Waals surface area contributed by atoms with E-state index in [0.29, 0.717) is 0 Å². The van der Waals surface area contributed by atoms with E-state index in [9.17, 15) is 17.6 Å². The van der Waals surface area contributed by atoms with Crippen LogP contribution >= 0.6 is 11.6 Å². The highest BCUT2D eigenvalue weighted by atomic mass is 35.5. The van der Waals surface area contributed by atoms with E-state index in [1.807, 2.05) is 0 Å². The Morgan fingerprint density at radius 3 is 2.47 bits per heavy atom. The minimum Gasteiger partial charge on any atom is -0.383 e. The topological polar surface area (TPSA) is 35.8 Å². The molecule has 1 atom stereocenters. The summed E-state index contributed by atoms with van der Waals surface area (Å²) in [5.41, 5.74) is 0.0968. The number of halogens is 5. The number of hydrogen-bond donors (Lipinski definition) is 1. The Balaban J connectivity index is 2.70. The highest BCUT2D eigenvalue weighted by Crippen LogP contribution is 2.26. The van der Waals surface area contributed by atoms with Crippen molar-refractivity contribution < 1.29 is 17.6 Å². The first-order valence-electron chi connectivity index (χ1n) is 4.49. The van der Waals surface area contributed by atoms with E-state index in [0.717, 1.165) is 18.2 Å². The molecule has 92 valence electrons. The molecule has 0 saturated heterocycles. The van der Waals surface area contributed by atoms with Gasteiger partial charge in [-0.25, -0.2) is 4.39 Å². The van der Waals surface area contributed by atoms with Crippen molar-refractivity contribution in [3.63, 3.8) is 0 Å². The Morgan fingerprint density at radius 1 is 1.35 bits per heavy atom. The SMILES string of the molecule is N#CC(CNc1cc(F)cc(Cl)c1)C(F)(F)F. The lowest BCUT2D eigenvalue weighted by molar-refractivity contribution is -0.155. The molecule has 0 bridgehead atoms. The Hall–Kier alpha value is -1.48. The number of anilines is 1. The maximum absolute atomic E-state index is 12.9. The fraction of sp³-hybridized carbons (Fsp3) is 0.300. The van der Waals surface area contributed by atoms with Crippen LogP contribution in [0, 0.1) is 23.1 Å². The van der Waals surface area contributed by atoms with Crippen LogP contribution in [0.4, 0.5) is 23.2 Å². The van der Waals surface area contributed by atoms with Gasteiger partial charge in [0, 0.05) is 17.3 Å². The Bertz CT molecular complexity index is 419. The quantitative estimate of drug-likeness (QED) is 0.849. The zero-order valence-electron chi connectivity index (χ0n) is 8.35. The second-order valence-electron chi connectivity index (χ2n) is 3.26. The van der Waals surface area contributed by atoms with Crippen molar-refractivity contribution in [3.05, 3.63) is 29.0 Å². The third-order valence-electron chi connectivity index (χ3n) is 1.92. The predicted molar refractivity (Wildman–Crippen MR) is 55.1 cm³/mol. The fourth-order valence-corrected chi connectivity index (χ4v) is 1.33. The molecule has 2 nitrogen and oxygen atoms in total. The van der Waals surface area contributed by atoms with Crippen molar-refractivity contribution in [1.29, 1.82) is 5.26 Å².